The number of nitrogens with zero attached hydrogens (tertiary/aromatic N) is 5. The fraction of sp³-hybridized carbons (Fsp3) is 0.321. The van der Waals surface area contributed by atoms with Crippen LogP contribution in [0.2, 0.25) is 5.02 Å². The number of rotatable bonds is 9. The van der Waals surface area contributed by atoms with Crippen LogP contribution < -0.4 is 5.73 Å². The first-order valence-corrected chi connectivity index (χ1v) is 16.1. The zero-order valence-electron chi connectivity index (χ0n) is 22.8. The van der Waals surface area contributed by atoms with E-state index in [1.165, 1.54) is 22.5 Å². The van der Waals surface area contributed by atoms with Gasteiger partial charge in [-0.2, -0.15) is 27.8 Å². The molecule has 0 aliphatic carbocycles. The Bertz CT molecular complexity index is 1750. The van der Waals surface area contributed by atoms with Crippen LogP contribution in [-0.2, 0) is 27.3 Å². The second-order valence-corrected chi connectivity index (χ2v) is 13.3. The molecule has 224 valence electrons. The summed E-state index contributed by atoms with van der Waals surface area (Å²) < 4.78 is 29.5. The Balaban J connectivity index is 1.55. The van der Waals surface area contributed by atoms with Gasteiger partial charge in [0.05, 0.1) is 21.8 Å². The molecule has 2 fully saturated rings. The van der Waals surface area contributed by atoms with Crippen LogP contribution >= 0.6 is 23.4 Å². The summed E-state index contributed by atoms with van der Waals surface area (Å²) in [5.74, 6) is -3.16. The molecule has 15 heteroatoms. The lowest BCUT2D eigenvalue weighted by Crippen LogP contribution is -2.43. The number of nitriles is 1. The summed E-state index contributed by atoms with van der Waals surface area (Å²) in [6.45, 7) is 0.800. The van der Waals surface area contributed by atoms with Gasteiger partial charge in [0, 0.05) is 44.3 Å². The molecule has 2 aromatic carbocycles. The van der Waals surface area contributed by atoms with Crippen LogP contribution in [0.25, 0.3) is 0 Å². The van der Waals surface area contributed by atoms with Gasteiger partial charge in [-0.15, -0.1) is 11.8 Å². The van der Waals surface area contributed by atoms with Gasteiger partial charge in [0.15, 0.2) is 0 Å². The van der Waals surface area contributed by atoms with Crippen molar-refractivity contribution in [2.24, 2.45) is 5.73 Å². The number of carbonyl (C=O) groups is 3. The molecule has 0 radical (unpaired) electrons. The fourth-order valence-corrected chi connectivity index (χ4v) is 8.15. The second-order valence-electron chi connectivity index (χ2n) is 10.1. The van der Waals surface area contributed by atoms with Gasteiger partial charge >= 0.3 is 16.2 Å². The van der Waals surface area contributed by atoms with Crippen molar-refractivity contribution in [1.82, 2.24) is 18.4 Å². The van der Waals surface area contributed by atoms with Gasteiger partial charge < -0.3 is 10.8 Å². The summed E-state index contributed by atoms with van der Waals surface area (Å²) in [4.78, 5) is 38.4. The number of carboxylic acid groups (broad SMARTS) is 1. The van der Waals surface area contributed by atoms with Crippen molar-refractivity contribution in [1.29, 1.82) is 5.26 Å². The molecule has 1 amide bonds. The number of benzene rings is 2. The number of thioether (sulfide) groups is 1. The number of halogens is 1. The number of carboxylic acids is 1. The molecule has 0 spiro atoms. The molecule has 3 N–H and O–H groups in total. The smallest absolute Gasteiger partial charge is 0.337 e. The molecule has 0 bridgehead atoms. The van der Waals surface area contributed by atoms with Crippen LogP contribution in [-0.4, -0.2) is 69.3 Å². The lowest BCUT2D eigenvalue weighted by molar-refractivity contribution is -0.123. The van der Waals surface area contributed by atoms with E-state index in [0.29, 0.717) is 38.2 Å². The van der Waals surface area contributed by atoms with Gasteiger partial charge in [0.25, 0.3) is 5.91 Å². The molecule has 2 saturated heterocycles. The third-order valence-corrected chi connectivity index (χ3v) is 10.9. The Labute approximate surface area is 257 Å². The average Bonchev–Trinajstić information content (AvgIpc) is 3.75. The molecule has 2 aliphatic heterocycles. The van der Waals surface area contributed by atoms with Crippen LogP contribution in [0, 0.1) is 11.3 Å². The molecule has 3 aromatic rings. The van der Waals surface area contributed by atoms with E-state index in [-0.39, 0.29) is 45.4 Å². The van der Waals surface area contributed by atoms with Crippen molar-refractivity contribution in [2.75, 3.05) is 19.6 Å². The fourth-order valence-electron chi connectivity index (χ4n) is 5.12. The molecule has 3 heterocycles. The first kappa shape index (κ1) is 30.7. The summed E-state index contributed by atoms with van der Waals surface area (Å²) in [5, 5.41) is 24.1. The Kier molecular flexibility index (Phi) is 8.91. The summed E-state index contributed by atoms with van der Waals surface area (Å²) >= 11 is 7.47. The Morgan fingerprint density at radius 1 is 1.12 bits per heavy atom. The molecule has 0 saturated carbocycles. The van der Waals surface area contributed by atoms with E-state index in [9.17, 15) is 33.2 Å². The van der Waals surface area contributed by atoms with E-state index in [1.807, 2.05) is 24.3 Å². The molecule has 1 atom stereocenters. The predicted octanol–water partition coefficient (Wildman–Crippen LogP) is 3.20. The minimum atomic E-state index is -4.04. The van der Waals surface area contributed by atoms with Gasteiger partial charge in [0.2, 0.25) is 5.91 Å². The van der Waals surface area contributed by atoms with Gasteiger partial charge in [-0.1, -0.05) is 41.9 Å². The van der Waals surface area contributed by atoms with Crippen molar-refractivity contribution >= 4 is 51.4 Å². The summed E-state index contributed by atoms with van der Waals surface area (Å²) in [6.07, 6.45) is 1.20. The highest BCUT2D eigenvalue weighted by atomic mass is 35.5. The monoisotopic (exact) mass is 642 g/mol. The summed E-state index contributed by atoms with van der Waals surface area (Å²) in [7, 11) is -4.04. The minimum Gasteiger partial charge on any atom is -0.478 e. The first-order chi connectivity index (χ1) is 20.6. The van der Waals surface area contributed by atoms with E-state index < -0.39 is 33.9 Å². The van der Waals surface area contributed by atoms with Crippen LogP contribution in [0.3, 0.4) is 0 Å². The van der Waals surface area contributed by atoms with Crippen molar-refractivity contribution in [2.45, 2.75) is 42.5 Å². The number of nitrogens with two attached hydrogens (primary N) is 1. The average molecular weight is 643 g/mol. The Morgan fingerprint density at radius 2 is 1.77 bits per heavy atom. The molecular weight excluding hydrogens is 616 g/mol. The van der Waals surface area contributed by atoms with E-state index >= 15 is 0 Å². The summed E-state index contributed by atoms with van der Waals surface area (Å²) in [6, 6.07) is 13.6. The van der Waals surface area contributed by atoms with Gasteiger partial charge in [-0.25, -0.2) is 9.10 Å². The van der Waals surface area contributed by atoms with Crippen LogP contribution in [0.4, 0.5) is 0 Å². The van der Waals surface area contributed by atoms with Crippen LogP contribution in [0.5, 0.6) is 0 Å². The normalized spacial score (nSPS) is 17.4. The maximum atomic E-state index is 13.8. The highest BCUT2D eigenvalue weighted by Gasteiger charge is 2.44. The highest BCUT2D eigenvalue weighted by Crippen LogP contribution is 2.38. The number of hydrogen-bond acceptors (Lipinski definition) is 9. The molecule has 1 unspecified atom stereocenters. The Morgan fingerprint density at radius 3 is 2.40 bits per heavy atom. The maximum Gasteiger partial charge on any atom is 0.337 e. The molecule has 2 aliphatic rings. The zero-order chi connectivity index (χ0) is 30.9. The summed E-state index contributed by atoms with van der Waals surface area (Å²) in [5.41, 5.74) is 7.21. The molecule has 1 aromatic heterocycles. The quantitative estimate of drug-likeness (QED) is 0.329. The first-order valence-electron chi connectivity index (χ1n) is 13.4. The van der Waals surface area contributed by atoms with Crippen LogP contribution in [0.15, 0.2) is 47.5 Å². The third-order valence-electron chi connectivity index (χ3n) is 7.41. The van der Waals surface area contributed by atoms with Crippen molar-refractivity contribution < 1.29 is 27.9 Å². The van der Waals surface area contributed by atoms with E-state index in [4.69, 9.17) is 17.3 Å². The van der Waals surface area contributed by atoms with Crippen molar-refractivity contribution in [3.8, 4) is 6.07 Å². The zero-order valence-corrected chi connectivity index (χ0v) is 25.2. The van der Waals surface area contributed by atoms with Crippen molar-refractivity contribution in [3.05, 3.63) is 81.0 Å². The third kappa shape index (κ3) is 5.91. The number of aromatic nitrogens is 2. The molecule has 43 heavy (non-hydrogen) atoms. The number of hydrogen-bond donors (Lipinski definition) is 2. The topological polar surface area (TPSA) is 180 Å². The number of aromatic carboxylic acids is 1. The van der Waals surface area contributed by atoms with Crippen LogP contribution in [0.1, 0.15) is 68.3 Å². The highest BCUT2D eigenvalue weighted by molar-refractivity contribution is 7.98. The SMILES string of the molecule is N#Cc1c(C2CC(=O)N(S(=O)(=O)N3CCCC3)C2)nn(C(=O)c2cccc(C(=O)O)c2Cl)c1SCc1ccc(CN)cc1. The van der Waals surface area contributed by atoms with E-state index in [0.717, 1.165) is 31.9 Å². The lowest BCUT2D eigenvalue weighted by atomic mass is 10.0. The van der Waals surface area contributed by atoms with E-state index in [2.05, 4.69) is 11.2 Å². The standard InChI is InChI=1S/C28H27ClN6O6S2/c29-24-20(4-3-5-21(24)28(38)39)26(37)35-27(42-16-18-8-6-17(13-30)7-9-18)22(14-31)25(32-35)19-12-23(36)34(15-19)43(40,41)33-10-1-2-11-33/h3-9,19H,1-2,10-13,15-16,30H2,(H,38,39). The van der Waals surface area contributed by atoms with E-state index in [1.54, 1.807) is 0 Å². The number of amides is 1. The largest absolute Gasteiger partial charge is 0.478 e. The second kappa shape index (κ2) is 12.5. The predicted molar refractivity (Wildman–Crippen MR) is 158 cm³/mol. The lowest BCUT2D eigenvalue weighted by Gasteiger charge is -2.23. The van der Waals surface area contributed by atoms with Gasteiger partial charge in [-0.05, 0) is 36.1 Å². The van der Waals surface area contributed by atoms with Gasteiger partial charge in [-0.3, -0.25) is 9.59 Å². The molecule has 12 nitrogen and oxygen atoms in total. The Hall–Kier alpha value is -3.74. The minimum absolute atomic E-state index is 0.0284. The van der Waals surface area contributed by atoms with Crippen molar-refractivity contribution in [3.63, 3.8) is 0 Å². The molecule has 5 rings (SSSR count). The molecular formula is C28H27ClN6O6S2. The number of carbonyl (C=O) groups excluding carboxylic acids is 2. The van der Waals surface area contributed by atoms with Gasteiger partial charge in [0.1, 0.15) is 16.7 Å². The maximum absolute atomic E-state index is 13.8.